The van der Waals surface area contributed by atoms with Gasteiger partial charge in [0.1, 0.15) is 11.5 Å². The molecule has 0 bridgehead atoms. The number of halogens is 1. The summed E-state index contributed by atoms with van der Waals surface area (Å²) in [6, 6.07) is 9.91. The van der Waals surface area contributed by atoms with Crippen LogP contribution in [0.15, 0.2) is 55.1 Å². The van der Waals surface area contributed by atoms with E-state index in [4.69, 9.17) is 4.74 Å². The van der Waals surface area contributed by atoms with E-state index >= 15 is 0 Å². The summed E-state index contributed by atoms with van der Waals surface area (Å²) in [6.07, 6.45) is 8.07. The number of ether oxygens (including phenoxy) is 1. The van der Waals surface area contributed by atoms with E-state index < -0.39 is 6.04 Å². The van der Waals surface area contributed by atoms with Crippen LogP contribution < -0.4 is 5.32 Å². The molecule has 4 aromatic rings. The number of benzene rings is 1. The van der Waals surface area contributed by atoms with Crippen molar-refractivity contribution in [3.05, 3.63) is 89.1 Å². The number of fused-ring (bicyclic) bond motifs is 1. The largest absolute Gasteiger partial charge is 0.381 e. The summed E-state index contributed by atoms with van der Waals surface area (Å²) in [7, 11) is 1.84. The van der Waals surface area contributed by atoms with Gasteiger partial charge in [-0.2, -0.15) is 0 Å². The lowest BCUT2D eigenvalue weighted by atomic mass is 9.94. The first kappa shape index (κ1) is 23.1. The minimum atomic E-state index is -0.580. The molecule has 0 saturated carbocycles. The predicted molar refractivity (Wildman–Crippen MR) is 130 cm³/mol. The van der Waals surface area contributed by atoms with Gasteiger partial charge in [0.2, 0.25) is 0 Å². The number of rotatable bonds is 6. The second-order valence-corrected chi connectivity index (χ2v) is 9.17. The minimum absolute atomic E-state index is 0.292. The second kappa shape index (κ2) is 9.92. The fourth-order valence-electron chi connectivity index (χ4n) is 4.51. The smallest absolute Gasteiger partial charge is 0.270 e. The molecule has 3 aromatic heterocycles. The SMILES string of the molecule is Cc1ccc([C@H](NC(=O)c2ccc3cnc(CC4CCOCC4)cc3n2)c2cncn2C)cc1F. The van der Waals surface area contributed by atoms with Gasteiger partial charge in [-0.05, 0) is 67.5 Å². The molecule has 0 unspecified atom stereocenters. The van der Waals surface area contributed by atoms with Gasteiger partial charge in [-0.15, -0.1) is 0 Å². The van der Waals surface area contributed by atoms with Crippen LogP contribution in [0, 0.1) is 18.7 Å². The normalized spacial score (nSPS) is 15.3. The van der Waals surface area contributed by atoms with Gasteiger partial charge in [-0.1, -0.05) is 12.1 Å². The number of carbonyl (C=O) groups is 1. The van der Waals surface area contributed by atoms with Crippen LogP contribution in [0.25, 0.3) is 10.9 Å². The first-order chi connectivity index (χ1) is 17.0. The van der Waals surface area contributed by atoms with E-state index in [0.29, 0.717) is 22.7 Å². The lowest BCUT2D eigenvalue weighted by Crippen LogP contribution is -2.31. The summed E-state index contributed by atoms with van der Waals surface area (Å²) in [5, 5.41) is 3.90. The van der Waals surface area contributed by atoms with Crippen LogP contribution in [-0.4, -0.2) is 38.6 Å². The molecule has 180 valence electrons. The Balaban J connectivity index is 1.42. The summed E-state index contributed by atoms with van der Waals surface area (Å²) in [5.41, 5.74) is 3.91. The number of hydrogen-bond donors (Lipinski definition) is 1. The molecule has 8 heteroatoms. The van der Waals surface area contributed by atoms with E-state index in [-0.39, 0.29) is 11.7 Å². The highest BCUT2D eigenvalue weighted by Crippen LogP contribution is 2.25. The predicted octanol–water partition coefficient (Wildman–Crippen LogP) is 4.30. The van der Waals surface area contributed by atoms with Gasteiger partial charge in [0.05, 0.1) is 29.8 Å². The molecule has 1 aromatic carbocycles. The van der Waals surface area contributed by atoms with Crippen LogP contribution in [0.3, 0.4) is 0 Å². The molecule has 0 radical (unpaired) electrons. The van der Waals surface area contributed by atoms with Crippen LogP contribution in [0.2, 0.25) is 0 Å². The molecule has 1 atom stereocenters. The number of hydrogen-bond acceptors (Lipinski definition) is 5. The minimum Gasteiger partial charge on any atom is -0.381 e. The number of carbonyl (C=O) groups excluding carboxylic acids is 1. The Morgan fingerprint density at radius 3 is 2.77 bits per heavy atom. The van der Waals surface area contributed by atoms with Crippen molar-refractivity contribution in [2.45, 2.75) is 32.2 Å². The maximum Gasteiger partial charge on any atom is 0.270 e. The topological polar surface area (TPSA) is 81.9 Å². The monoisotopic (exact) mass is 473 g/mol. The molecule has 1 N–H and O–H groups in total. The van der Waals surface area contributed by atoms with Gasteiger partial charge < -0.3 is 14.6 Å². The average Bonchev–Trinajstić information content (AvgIpc) is 3.29. The Hall–Kier alpha value is -3.65. The van der Waals surface area contributed by atoms with Crippen molar-refractivity contribution >= 4 is 16.8 Å². The van der Waals surface area contributed by atoms with Gasteiger partial charge >= 0.3 is 0 Å². The molecule has 7 nitrogen and oxygen atoms in total. The zero-order valence-electron chi connectivity index (χ0n) is 19.9. The van der Waals surface area contributed by atoms with Crippen LogP contribution in [0.1, 0.15) is 51.9 Å². The fraction of sp³-hybridized carbons (Fsp3) is 0.333. The molecule has 5 rings (SSSR count). The first-order valence-corrected chi connectivity index (χ1v) is 11.8. The Morgan fingerprint density at radius 1 is 1.20 bits per heavy atom. The number of pyridine rings is 2. The van der Waals surface area contributed by atoms with Crippen molar-refractivity contribution in [2.75, 3.05) is 13.2 Å². The van der Waals surface area contributed by atoms with Crippen molar-refractivity contribution in [1.29, 1.82) is 0 Å². The third-order valence-electron chi connectivity index (χ3n) is 6.66. The molecule has 0 spiro atoms. The Labute approximate surface area is 203 Å². The van der Waals surface area contributed by atoms with E-state index in [0.717, 1.165) is 54.8 Å². The number of aromatic nitrogens is 4. The summed E-state index contributed by atoms with van der Waals surface area (Å²) >= 11 is 0. The maximum atomic E-state index is 14.4. The molecule has 1 amide bonds. The Kier molecular flexibility index (Phi) is 6.55. The van der Waals surface area contributed by atoms with Gasteiger partial charge in [0.25, 0.3) is 5.91 Å². The lowest BCUT2D eigenvalue weighted by molar-refractivity contribution is 0.0663. The summed E-state index contributed by atoms with van der Waals surface area (Å²) in [5.74, 6) is -0.117. The fourth-order valence-corrected chi connectivity index (χ4v) is 4.51. The summed E-state index contributed by atoms with van der Waals surface area (Å²) in [6.45, 7) is 3.30. The Bertz CT molecular complexity index is 1360. The number of imidazole rings is 1. The zero-order chi connectivity index (χ0) is 24.4. The summed E-state index contributed by atoms with van der Waals surface area (Å²) < 4.78 is 21.6. The number of aryl methyl sites for hydroxylation is 2. The van der Waals surface area contributed by atoms with Crippen molar-refractivity contribution in [3.8, 4) is 0 Å². The third kappa shape index (κ3) is 5.07. The molecule has 1 saturated heterocycles. The van der Waals surface area contributed by atoms with E-state index in [1.807, 2.05) is 36.0 Å². The van der Waals surface area contributed by atoms with E-state index in [1.165, 1.54) is 6.07 Å². The molecular weight excluding hydrogens is 445 g/mol. The van der Waals surface area contributed by atoms with Crippen LogP contribution in [0.5, 0.6) is 0 Å². The highest BCUT2D eigenvalue weighted by molar-refractivity contribution is 5.95. The molecule has 4 heterocycles. The second-order valence-electron chi connectivity index (χ2n) is 9.17. The van der Waals surface area contributed by atoms with Crippen molar-refractivity contribution in [3.63, 3.8) is 0 Å². The van der Waals surface area contributed by atoms with Gasteiger partial charge in [0.15, 0.2) is 0 Å². The van der Waals surface area contributed by atoms with Crippen LogP contribution in [-0.2, 0) is 18.2 Å². The Morgan fingerprint density at radius 2 is 2.03 bits per heavy atom. The highest BCUT2D eigenvalue weighted by Gasteiger charge is 2.22. The van der Waals surface area contributed by atoms with Crippen LogP contribution in [0.4, 0.5) is 4.39 Å². The van der Waals surface area contributed by atoms with Crippen molar-refractivity contribution < 1.29 is 13.9 Å². The standard InChI is InChI=1S/C27H28FN5O2/c1-17-3-4-19(12-22(17)28)26(25-15-29-16-33(25)2)32-27(34)23-6-5-20-14-30-21(13-24(20)31-23)11-18-7-9-35-10-8-18/h3-6,12-16,18,26H,7-11H2,1-2H3,(H,32,34)/t26-/m0/s1. The summed E-state index contributed by atoms with van der Waals surface area (Å²) in [4.78, 5) is 26.7. The third-order valence-corrected chi connectivity index (χ3v) is 6.66. The van der Waals surface area contributed by atoms with Gasteiger partial charge in [0, 0.05) is 37.5 Å². The van der Waals surface area contributed by atoms with E-state index in [1.54, 1.807) is 31.6 Å². The molecule has 1 fully saturated rings. The molecule has 1 aliphatic heterocycles. The average molecular weight is 474 g/mol. The first-order valence-electron chi connectivity index (χ1n) is 11.8. The zero-order valence-corrected chi connectivity index (χ0v) is 19.9. The number of nitrogens with zero attached hydrogens (tertiary/aromatic N) is 4. The lowest BCUT2D eigenvalue weighted by Gasteiger charge is -2.21. The molecular formula is C27H28FN5O2. The van der Waals surface area contributed by atoms with E-state index in [2.05, 4.69) is 20.3 Å². The number of nitrogens with one attached hydrogen (secondary N) is 1. The number of amides is 1. The van der Waals surface area contributed by atoms with Crippen LogP contribution >= 0.6 is 0 Å². The van der Waals surface area contributed by atoms with Gasteiger partial charge in [-0.25, -0.2) is 14.4 Å². The van der Waals surface area contributed by atoms with Crippen molar-refractivity contribution in [1.82, 2.24) is 24.8 Å². The van der Waals surface area contributed by atoms with Crippen molar-refractivity contribution in [2.24, 2.45) is 13.0 Å². The highest BCUT2D eigenvalue weighted by atomic mass is 19.1. The quantitative estimate of drug-likeness (QED) is 0.452. The van der Waals surface area contributed by atoms with E-state index in [9.17, 15) is 9.18 Å². The molecule has 0 aliphatic carbocycles. The molecule has 1 aliphatic rings. The maximum absolute atomic E-state index is 14.4. The van der Waals surface area contributed by atoms with Gasteiger partial charge in [-0.3, -0.25) is 9.78 Å². The molecule has 35 heavy (non-hydrogen) atoms.